The molecule has 3 aromatic carbocycles. The van der Waals surface area contributed by atoms with Gasteiger partial charge in [-0.2, -0.15) is 0 Å². The van der Waals surface area contributed by atoms with Crippen LogP contribution in [0, 0.1) is 0 Å². The first-order valence-electron chi connectivity index (χ1n) is 18.6. The van der Waals surface area contributed by atoms with Gasteiger partial charge in [-0.05, 0) is 120 Å². The fraction of sp³-hybridized carbons (Fsp3) is 0.429. The standard InChI is InChI=1S/C42H48N6O4/c1-41(2,3)51-39(49)47-19-7-9-34(47)37-43-24-33(45-37)30-14-13-26-21-25(11-12-27(26)23-30)28-15-17-31-29(22-28)16-18-32-36(31)46-38(44-32)35-10-8-20-48(35)40(50)52-42(4,5)6/h11-15,17,21-24,34-35H,7-10,16,18-20H2,1-6H3,(H,43,45)(H,44,46). The lowest BCUT2D eigenvalue weighted by atomic mass is 9.89. The number of aryl methyl sites for hydroxylation is 2. The summed E-state index contributed by atoms with van der Waals surface area (Å²) in [5, 5.41) is 2.31. The molecule has 2 aromatic heterocycles. The maximum Gasteiger partial charge on any atom is 0.410 e. The van der Waals surface area contributed by atoms with Crippen LogP contribution in [-0.2, 0) is 22.3 Å². The molecule has 5 aromatic rings. The Morgan fingerprint density at radius 3 is 1.94 bits per heavy atom. The molecule has 2 N–H and O–H groups in total. The summed E-state index contributed by atoms with van der Waals surface area (Å²) in [6.45, 7) is 12.7. The van der Waals surface area contributed by atoms with Gasteiger partial charge in [0.25, 0.3) is 0 Å². The molecule has 52 heavy (non-hydrogen) atoms. The fourth-order valence-electron chi connectivity index (χ4n) is 7.89. The van der Waals surface area contributed by atoms with Crippen LogP contribution >= 0.6 is 0 Å². The molecule has 2 fully saturated rings. The number of aromatic nitrogens is 4. The number of hydrogen-bond acceptors (Lipinski definition) is 6. The van der Waals surface area contributed by atoms with Crippen molar-refractivity contribution in [3.8, 4) is 33.6 Å². The second kappa shape index (κ2) is 12.8. The predicted molar refractivity (Wildman–Crippen MR) is 202 cm³/mol. The summed E-state index contributed by atoms with van der Waals surface area (Å²) in [5.74, 6) is 1.65. The number of aromatic amines is 2. The molecule has 0 saturated carbocycles. The number of carbonyl (C=O) groups is 2. The minimum atomic E-state index is -0.539. The van der Waals surface area contributed by atoms with Crippen molar-refractivity contribution in [3.63, 3.8) is 0 Å². The molecule has 8 rings (SSSR count). The lowest BCUT2D eigenvalue weighted by Crippen LogP contribution is -2.36. The van der Waals surface area contributed by atoms with Crippen molar-refractivity contribution >= 4 is 23.0 Å². The smallest absolute Gasteiger partial charge is 0.410 e. The minimum absolute atomic E-state index is 0.0987. The summed E-state index contributed by atoms with van der Waals surface area (Å²) in [5.41, 5.74) is 7.84. The summed E-state index contributed by atoms with van der Waals surface area (Å²) in [4.78, 5) is 46.3. The molecule has 0 spiro atoms. The number of H-pyrrole nitrogens is 2. The molecule has 2 saturated heterocycles. The number of nitrogens with one attached hydrogen (secondary N) is 2. The Morgan fingerprint density at radius 2 is 1.29 bits per heavy atom. The number of imidazole rings is 2. The van der Waals surface area contributed by atoms with Crippen molar-refractivity contribution in [2.45, 2.75) is 103 Å². The summed E-state index contributed by atoms with van der Waals surface area (Å²) in [7, 11) is 0. The molecule has 2 unspecified atom stereocenters. The molecule has 2 aliphatic heterocycles. The van der Waals surface area contributed by atoms with Gasteiger partial charge >= 0.3 is 12.2 Å². The highest BCUT2D eigenvalue weighted by atomic mass is 16.6. The molecular weight excluding hydrogens is 652 g/mol. The first-order chi connectivity index (χ1) is 24.8. The second-order valence-corrected chi connectivity index (χ2v) is 16.4. The summed E-state index contributed by atoms with van der Waals surface area (Å²) >= 11 is 0. The quantitative estimate of drug-likeness (QED) is 0.193. The summed E-state index contributed by atoms with van der Waals surface area (Å²) in [6.07, 6.45) is 6.69. The zero-order valence-corrected chi connectivity index (χ0v) is 31.0. The third-order valence-electron chi connectivity index (χ3n) is 10.3. The Balaban J connectivity index is 0.995. The van der Waals surface area contributed by atoms with Gasteiger partial charge in [-0.3, -0.25) is 9.80 Å². The maximum absolute atomic E-state index is 13.0. The average molecular weight is 701 g/mol. The molecule has 4 heterocycles. The second-order valence-electron chi connectivity index (χ2n) is 16.4. The molecule has 1 aliphatic carbocycles. The Labute approximate surface area is 304 Å². The average Bonchev–Trinajstić information content (AvgIpc) is 3.91. The van der Waals surface area contributed by atoms with Gasteiger partial charge in [0.05, 0.1) is 29.7 Å². The number of nitrogens with zero attached hydrogens (tertiary/aromatic N) is 4. The number of rotatable bonds is 4. The van der Waals surface area contributed by atoms with E-state index in [1.54, 1.807) is 4.90 Å². The van der Waals surface area contributed by atoms with Crippen molar-refractivity contribution in [2.24, 2.45) is 0 Å². The van der Waals surface area contributed by atoms with Gasteiger partial charge in [-0.1, -0.05) is 42.5 Å². The lowest BCUT2D eigenvalue weighted by Gasteiger charge is -2.27. The fourth-order valence-corrected chi connectivity index (χ4v) is 7.89. The number of fused-ring (bicyclic) bond motifs is 4. The number of benzene rings is 3. The van der Waals surface area contributed by atoms with Gasteiger partial charge in [0.2, 0.25) is 0 Å². The topological polar surface area (TPSA) is 116 Å². The lowest BCUT2D eigenvalue weighted by molar-refractivity contribution is 0.0208. The van der Waals surface area contributed by atoms with E-state index in [1.807, 2.05) is 52.6 Å². The minimum Gasteiger partial charge on any atom is -0.444 e. The number of hydrogen-bond donors (Lipinski definition) is 2. The van der Waals surface area contributed by atoms with Gasteiger partial charge in [-0.15, -0.1) is 0 Å². The van der Waals surface area contributed by atoms with Gasteiger partial charge in [0, 0.05) is 29.9 Å². The van der Waals surface area contributed by atoms with Crippen LogP contribution < -0.4 is 0 Å². The number of amides is 2. The Hall–Kier alpha value is -5.12. The highest BCUT2D eigenvalue weighted by Crippen LogP contribution is 2.39. The van der Waals surface area contributed by atoms with E-state index in [0.717, 1.165) is 89.2 Å². The van der Waals surface area contributed by atoms with E-state index in [9.17, 15) is 9.59 Å². The molecular formula is C42H48N6O4. The summed E-state index contributed by atoms with van der Waals surface area (Å²) in [6, 6.07) is 19.6. The van der Waals surface area contributed by atoms with E-state index in [-0.39, 0.29) is 24.3 Å². The van der Waals surface area contributed by atoms with Crippen LogP contribution in [-0.4, -0.2) is 66.2 Å². The third-order valence-corrected chi connectivity index (χ3v) is 10.3. The van der Waals surface area contributed by atoms with E-state index >= 15 is 0 Å². The van der Waals surface area contributed by atoms with E-state index in [2.05, 4.69) is 64.6 Å². The SMILES string of the molecule is CC(C)(C)OC(=O)N1CCCC1c1ncc(-c2ccc3cc(-c4ccc5c(c4)CCc4[nH]c(C6CCCN6C(=O)OC(C)(C)C)nc4-5)ccc3c2)[nH]1. The molecule has 10 nitrogen and oxygen atoms in total. The van der Waals surface area contributed by atoms with E-state index < -0.39 is 11.2 Å². The van der Waals surface area contributed by atoms with Gasteiger partial charge in [0.15, 0.2) is 0 Å². The first-order valence-corrected chi connectivity index (χ1v) is 18.6. The van der Waals surface area contributed by atoms with Crippen LogP contribution in [0.4, 0.5) is 9.59 Å². The molecule has 2 atom stereocenters. The van der Waals surface area contributed by atoms with Crippen molar-refractivity contribution in [2.75, 3.05) is 13.1 Å². The molecule has 0 radical (unpaired) electrons. The number of ether oxygens (including phenoxy) is 2. The van der Waals surface area contributed by atoms with E-state index in [0.29, 0.717) is 13.1 Å². The molecule has 0 bridgehead atoms. The van der Waals surface area contributed by atoms with Crippen LogP contribution in [0.25, 0.3) is 44.4 Å². The monoisotopic (exact) mass is 700 g/mol. The summed E-state index contributed by atoms with van der Waals surface area (Å²) < 4.78 is 11.4. The first kappa shape index (κ1) is 34.0. The van der Waals surface area contributed by atoms with Crippen LogP contribution in [0.15, 0.2) is 60.8 Å². The van der Waals surface area contributed by atoms with E-state index in [1.165, 1.54) is 16.7 Å². The normalized spacial score (nSPS) is 18.8. The Bertz CT molecular complexity index is 2170. The van der Waals surface area contributed by atoms with E-state index in [4.69, 9.17) is 19.4 Å². The Morgan fingerprint density at radius 1 is 0.712 bits per heavy atom. The zero-order chi connectivity index (χ0) is 36.4. The van der Waals surface area contributed by atoms with Crippen molar-refractivity contribution < 1.29 is 19.1 Å². The number of likely N-dealkylation sites (tertiary alicyclic amines) is 2. The van der Waals surface area contributed by atoms with Crippen molar-refractivity contribution in [1.82, 2.24) is 29.7 Å². The molecule has 270 valence electrons. The van der Waals surface area contributed by atoms with Crippen LogP contribution in [0.3, 0.4) is 0 Å². The molecule has 10 heteroatoms. The Kier molecular flexibility index (Phi) is 8.38. The highest BCUT2D eigenvalue weighted by Gasteiger charge is 2.37. The maximum atomic E-state index is 13.0. The van der Waals surface area contributed by atoms with Gasteiger partial charge in [0.1, 0.15) is 22.9 Å². The number of carbonyl (C=O) groups excluding carboxylic acids is 2. The largest absolute Gasteiger partial charge is 0.444 e. The zero-order valence-electron chi connectivity index (χ0n) is 31.0. The van der Waals surface area contributed by atoms with Crippen LogP contribution in [0.1, 0.15) is 102 Å². The molecule has 2 amide bonds. The van der Waals surface area contributed by atoms with Crippen molar-refractivity contribution in [1.29, 1.82) is 0 Å². The molecule has 3 aliphatic rings. The van der Waals surface area contributed by atoms with Crippen molar-refractivity contribution in [3.05, 3.63) is 83.7 Å². The predicted octanol–water partition coefficient (Wildman–Crippen LogP) is 9.53. The highest BCUT2D eigenvalue weighted by molar-refractivity contribution is 5.91. The van der Waals surface area contributed by atoms with Crippen LogP contribution in [0.5, 0.6) is 0 Å². The van der Waals surface area contributed by atoms with Gasteiger partial charge < -0.3 is 19.4 Å². The van der Waals surface area contributed by atoms with Crippen LogP contribution in [0.2, 0.25) is 0 Å². The van der Waals surface area contributed by atoms with Gasteiger partial charge in [-0.25, -0.2) is 19.6 Å². The third kappa shape index (κ3) is 6.66.